The fraction of sp³-hybridized carbons (Fsp3) is 0.679. The Morgan fingerprint density at radius 1 is 0.500 bits per heavy atom. The molecule has 0 aliphatic carbocycles. The average Bonchev–Trinajstić information content (AvgIpc) is 3.26. The number of hydrogen-bond acceptors (Lipinski definition) is 5. The molecular weight excluding hydrogens is 767 g/mol. The van der Waals surface area contributed by atoms with Crippen LogP contribution in [0.15, 0.2) is 97.2 Å². The molecule has 0 spiro atoms. The highest BCUT2D eigenvalue weighted by molar-refractivity contribution is 5.77. The van der Waals surface area contributed by atoms with Crippen molar-refractivity contribution in [1.29, 1.82) is 0 Å². The van der Waals surface area contributed by atoms with E-state index >= 15 is 0 Å². The van der Waals surface area contributed by atoms with Gasteiger partial charge in [0.05, 0.1) is 25.2 Å². The molecule has 0 aliphatic rings. The van der Waals surface area contributed by atoms with E-state index in [-0.39, 0.29) is 31.3 Å². The van der Waals surface area contributed by atoms with Crippen LogP contribution in [0.4, 0.5) is 0 Å². The lowest BCUT2D eigenvalue weighted by Crippen LogP contribution is -2.46. The van der Waals surface area contributed by atoms with Gasteiger partial charge in [-0.25, -0.2) is 0 Å². The first-order valence-electron chi connectivity index (χ1n) is 25.5. The molecule has 0 aromatic heterocycles. The highest BCUT2D eigenvalue weighted by atomic mass is 16.5. The van der Waals surface area contributed by atoms with Gasteiger partial charge >= 0.3 is 5.97 Å². The van der Waals surface area contributed by atoms with Crippen LogP contribution in [0.1, 0.15) is 220 Å². The molecule has 0 saturated carbocycles. The van der Waals surface area contributed by atoms with Gasteiger partial charge in [0, 0.05) is 6.42 Å². The molecule has 0 saturated heterocycles. The maximum Gasteiger partial charge on any atom is 0.306 e. The Kier molecular flexibility index (Phi) is 46.3. The second kappa shape index (κ2) is 48.8. The van der Waals surface area contributed by atoms with Gasteiger partial charge in [-0.3, -0.25) is 9.59 Å². The summed E-state index contributed by atoms with van der Waals surface area (Å²) in [5, 5.41) is 23.7. The lowest BCUT2D eigenvalue weighted by atomic mass is 10.0. The van der Waals surface area contributed by atoms with Crippen molar-refractivity contribution < 1.29 is 24.5 Å². The number of ether oxygens (including phenoxy) is 1. The molecule has 0 aromatic rings. The van der Waals surface area contributed by atoms with Crippen molar-refractivity contribution in [3.63, 3.8) is 0 Å². The Morgan fingerprint density at radius 3 is 1.42 bits per heavy atom. The lowest BCUT2D eigenvalue weighted by Gasteiger charge is -2.24. The summed E-state index contributed by atoms with van der Waals surface area (Å²) >= 11 is 0. The summed E-state index contributed by atoms with van der Waals surface area (Å²) in [6.45, 7) is 6.31. The smallest absolute Gasteiger partial charge is 0.306 e. The Labute approximate surface area is 382 Å². The molecule has 3 atom stereocenters. The predicted octanol–water partition coefficient (Wildman–Crippen LogP) is 15.3. The topological polar surface area (TPSA) is 95.9 Å². The van der Waals surface area contributed by atoms with Crippen LogP contribution in [-0.4, -0.2) is 46.9 Å². The van der Waals surface area contributed by atoms with Crippen molar-refractivity contribution >= 4 is 11.9 Å². The summed E-state index contributed by atoms with van der Waals surface area (Å²) < 4.78 is 5.86. The zero-order valence-electron chi connectivity index (χ0n) is 40.2. The Balaban J connectivity index is 4.78. The molecule has 3 N–H and O–H groups in total. The number of esters is 1. The molecule has 0 aromatic carbocycles. The number of nitrogens with one attached hydrogen (secondary N) is 1. The third-order valence-corrected chi connectivity index (χ3v) is 10.9. The van der Waals surface area contributed by atoms with Gasteiger partial charge in [-0.1, -0.05) is 221 Å². The predicted molar refractivity (Wildman–Crippen MR) is 268 cm³/mol. The summed E-state index contributed by atoms with van der Waals surface area (Å²) in [5.74, 6) is -0.629. The second-order valence-electron chi connectivity index (χ2n) is 16.9. The van der Waals surface area contributed by atoms with Crippen molar-refractivity contribution in [2.75, 3.05) is 6.61 Å². The Bertz CT molecular complexity index is 1240. The van der Waals surface area contributed by atoms with Crippen LogP contribution in [-0.2, 0) is 14.3 Å². The largest absolute Gasteiger partial charge is 0.462 e. The number of hydrogen-bond donors (Lipinski definition) is 3. The van der Waals surface area contributed by atoms with Crippen molar-refractivity contribution in [3.05, 3.63) is 97.2 Å². The normalized spacial score (nSPS) is 14.1. The van der Waals surface area contributed by atoms with E-state index in [0.29, 0.717) is 19.3 Å². The second-order valence-corrected chi connectivity index (χ2v) is 16.9. The van der Waals surface area contributed by atoms with Crippen LogP contribution in [0, 0.1) is 0 Å². The van der Waals surface area contributed by atoms with E-state index in [1.54, 1.807) is 0 Å². The molecular formula is C56H95NO5. The number of allylic oxidation sites excluding steroid dienone is 16. The molecule has 6 nitrogen and oxygen atoms in total. The maximum atomic E-state index is 13.2. The number of rotatable bonds is 44. The van der Waals surface area contributed by atoms with Gasteiger partial charge in [-0.05, 0) is 83.5 Å². The Morgan fingerprint density at radius 2 is 0.935 bits per heavy atom. The minimum atomic E-state index is -0.815. The number of amides is 1. The fourth-order valence-electron chi connectivity index (χ4n) is 7.10. The molecule has 6 heteroatoms. The average molecular weight is 862 g/mol. The molecule has 0 rings (SSSR count). The zero-order chi connectivity index (χ0) is 45.2. The molecule has 354 valence electrons. The standard InChI is InChI=1S/C56H95NO5/c1-4-7-10-13-16-19-22-24-26-27-28-29-30-32-34-37-40-43-46-49-56(61)62-52(47-44-41-38-35-33-31-25-23-20-17-14-11-8-5-2)50-55(60)57-53(51-58)54(59)48-45-42-39-36-21-18-15-12-9-6-3/h7,10,16,19,24,26,28-29,31-35,38,40,43,52-54,58-59H,4-6,8-9,11-15,17-18,20-23,25,27,30,36-37,39,41-42,44-51H2,1-3H3,(H,57,60)/b10-7-,19-16-,26-24-,29-28-,33-31+,34-32-,38-35+,43-40-. The molecule has 62 heavy (non-hydrogen) atoms. The van der Waals surface area contributed by atoms with Crippen LogP contribution < -0.4 is 5.32 Å². The first kappa shape index (κ1) is 58.8. The number of carbonyl (C=O) groups excluding carboxylic acids is 2. The fourth-order valence-corrected chi connectivity index (χ4v) is 7.10. The van der Waals surface area contributed by atoms with E-state index in [9.17, 15) is 19.8 Å². The molecule has 0 aliphatic heterocycles. The van der Waals surface area contributed by atoms with E-state index in [2.05, 4.69) is 117 Å². The third kappa shape index (κ3) is 43.4. The van der Waals surface area contributed by atoms with Gasteiger partial charge in [-0.2, -0.15) is 0 Å². The van der Waals surface area contributed by atoms with Gasteiger partial charge < -0.3 is 20.3 Å². The zero-order valence-corrected chi connectivity index (χ0v) is 40.2. The van der Waals surface area contributed by atoms with Crippen LogP contribution in [0.2, 0.25) is 0 Å². The summed E-state index contributed by atoms with van der Waals surface area (Å²) in [7, 11) is 0. The van der Waals surface area contributed by atoms with E-state index in [1.165, 1.54) is 89.9 Å². The van der Waals surface area contributed by atoms with Gasteiger partial charge in [0.25, 0.3) is 0 Å². The highest BCUT2D eigenvalue weighted by Crippen LogP contribution is 2.16. The van der Waals surface area contributed by atoms with E-state index in [4.69, 9.17) is 4.74 Å². The van der Waals surface area contributed by atoms with Gasteiger partial charge in [0.1, 0.15) is 6.10 Å². The minimum Gasteiger partial charge on any atom is -0.462 e. The number of aliphatic hydroxyl groups is 2. The lowest BCUT2D eigenvalue weighted by molar-refractivity contribution is -0.150. The quantitative estimate of drug-likeness (QED) is 0.0245. The van der Waals surface area contributed by atoms with Gasteiger partial charge in [0.2, 0.25) is 5.91 Å². The van der Waals surface area contributed by atoms with Crippen LogP contribution in [0.5, 0.6) is 0 Å². The number of unbranched alkanes of at least 4 members (excludes halogenated alkanes) is 17. The van der Waals surface area contributed by atoms with E-state index in [1.807, 2.05) is 6.08 Å². The molecule has 0 bridgehead atoms. The molecule has 0 fully saturated rings. The summed E-state index contributed by atoms with van der Waals surface area (Å²) in [4.78, 5) is 26.1. The van der Waals surface area contributed by atoms with Crippen LogP contribution in [0.3, 0.4) is 0 Å². The van der Waals surface area contributed by atoms with Crippen molar-refractivity contribution in [2.45, 2.75) is 238 Å². The first-order valence-corrected chi connectivity index (χ1v) is 25.5. The number of carbonyl (C=O) groups is 2. The Hall–Kier alpha value is -3.22. The maximum absolute atomic E-state index is 13.2. The summed E-state index contributed by atoms with van der Waals surface area (Å²) in [6, 6.07) is -0.735. The first-order chi connectivity index (χ1) is 30.5. The SMILES string of the molecule is CC/C=C\C/C=C\C/C=C\C/C=C\C/C=C\C/C=C\CCC(=O)OC(CCC/C=C/C=C/CCCCCCCCC)CC(=O)NC(CO)C(O)CCCCCCCCCCCC. The highest BCUT2D eigenvalue weighted by Gasteiger charge is 2.23. The molecule has 1 amide bonds. The minimum absolute atomic E-state index is 0.00912. The number of aliphatic hydroxyl groups excluding tert-OH is 2. The van der Waals surface area contributed by atoms with Crippen molar-refractivity contribution in [2.24, 2.45) is 0 Å². The van der Waals surface area contributed by atoms with E-state index in [0.717, 1.165) is 77.0 Å². The summed E-state index contributed by atoms with van der Waals surface area (Å²) in [5.41, 5.74) is 0. The third-order valence-electron chi connectivity index (χ3n) is 10.9. The van der Waals surface area contributed by atoms with Gasteiger partial charge in [-0.15, -0.1) is 0 Å². The van der Waals surface area contributed by atoms with E-state index < -0.39 is 18.2 Å². The monoisotopic (exact) mass is 862 g/mol. The van der Waals surface area contributed by atoms with Crippen molar-refractivity contribution in [3.8, 4) is 0 Å². The summed E-state index contributed by atoms with van der Waals surface area (Å²) in [6.07, 6.45) is 64.8. The molecule has 0 heterocycles. The molecule has 0 radical (unpaired) electrons. The van der Waals surface area contributed by atoms with Crippen LogP contribution in [0.25, 0.3) is 0 Å². The van der Waals surface area contributed by atoms with Gasteiger partial charge in [0.15, 0.2) is 0 Å². The molecule has 3 unspecified atom stereocenters. The van der Waals surface area contributed by atoms with Crippen molar-refractivity contribution in [1.82, 2.24) is 5.32 Å². The van der Waals surface area contributed by atoms with Crippen LogP contribution >= 0.6 is 0 Å².